The molecule has 0 radical (unpaired) electrons. The molecule has 3 rings (SSSR count). The highest BCUT2D eigenvalue weighted by Crippen LogP contribution is 2.34. The third-order valence-corrected chi connectivity index (χ3v) is 7.90. The zero-order valence-corrected chi connectivity index (χ0v) is 21.8. The first-order valence-corrected chi connectivity index (χ1v) is 15.9. The Kier molecular flexibility index (Phi) is 9.07. The SMILES string of the molecule is C[Si](C)(C)CCOCn1cc(N)nc1C(=O)Nc1ccc(C(CN)CN)cc1C1=CCCCC1. The van der Waals surface area contributed by atoms with Crippen molar-refractivity contribution < 1.29 is 9.53 Å². The smallest absolute Gasteiger partial charge is 0.291 e. The van der Waals surface area contributed by atoms with E-state index in [4.69, 9.17) is 21.9 Å². The number of benzene rings is 1. The standard InChI is InChI=1S/C25H40N6O2Si/c1-34(2,3)12-11-33-17-31-16-23(28)30-24(31)25(32)29-22-10-9-19(20(14-26)15-27)13-21(22)18-7-5-4-6-8-18/h7,9-10,13,16,20H,4-6,8,11-12,14-15,17,26-28H2,1-3H3,(H,29,32). The fourth-order valence-electron chi connectivity index (χ4n) is 4.08. The molecular weight excluding hydrogens is 444 g/mol. The molecule has 0 aliphatic heterocycles. The monoisotopic (exact) mass is 484 g/mol. The van der Waals surface area contributed by atoms with Gasteiger partial charge in [0.25, 0.3) is 5.91 Å². The number of hydrogen-bond acceptors (Lipinski definition) is 6. The molecule has 0 atom stereocenters. The zero-order valence-electron chi connectivity index (χ0n) is 20.8. The summed E-state index contributed by atoms with van der Waals surface area (Å²) < 4.78 is 7.49. The highest BCUT2D eigenvalue weighted by Gasteiger charge is 2.20. The number of ether oxygens (including phenoxy) is 1. The Morgan fingerprint density at radius 1 is 1.24 bits per heavy atom. The largest absolute Gasteiger partial charge is 0.382 e. The molecule has 0 saturated heterocycles. The van der Waals surface area contributed by atoms with E-state index in [2.05, 4.69) is 42.1 Å². The van der Waals surface area contributed by atoms with E-state index in [9.17, 15) is 4.79 Å². The van der Waals surface area contributed by atoms with Crippen LogP contribution < -0.4 is 22.5 Å². The van der Waals surface area contributed by atoms with Gasteiger partial charge >= 0.3 is 0 Å². The number of nitrogens with one attached hydrogen (secondary N) is 1. The summed E-state index contributed by atoms with van der Waals surface area (Å²) in [7, 11) is -1.19. The fraction of sp³-hybridized carbons (Fsp3) is 0.520. The van der Waals surface area contributed by atoms with Gasteiger partial charge < -0.3 is 31.8 Å². The van der Waals surface area contributed by atoms with E-state index >= 15 is 0 Å². The molecule has 1 amide bonds. The lowest BCUT2D eigenvalue weighted by Gasteiger charge is -2.21. The van der Waals surface area contributed by atoms with Crippen molar-refractivity contribution in [3.8, 4) is 0 Å². The Bertz CT molecular complexity index is 1010. The highest BCUT2D eigenvalue weighted by molar-refractivity contribution is 6.76. The molecule has 7 N–H and O–H groups in total. The first-order valence-electron chi connectivity index (χ1n) is 12.2. The number of allylic oxidation sites excluding steroid dienone is 2. The Hall–Kier alpha value is -2.46. The quantitative estimate of drug-likeness (QED) is 0.281. The van der Waals surface area contributed by atoms with E-state index in [1.54, 1.807) is 10.8 Å². The van der Waals surface area contributed by atoms with E-state index < -0.39 is 8.07 Å². The predicted octanol–water partition coefficient (Wildman–Crippen LogP) is 3.99. The van der Waals surface area contributed by atoms with Crippen molar-refractivity contribution in [1.82, 2.24) is 9.55 Å². The second kappa shape index (κ2) is 11.8. The van der Waals surface area contributed by atoms with Gasteiger partial charge in [0.15, 0.2) is 0 Å². The molecular formula is C25H40N6O2Si. The molecule has 0 unspecified atom stereocenters. The maximum atomic E-state index is 13.2. The third kappa shape index (κ3) is 7.02. The summed E-state index contributed by atoms with van der Waals surface area (Å²) >= 11 is 0. The van der Waals surface area contributed by atoms with Crippen LogP contribution in [0.25, 0.3) is 5.57 Å². The second-order valence-corrected chi connectivity index (χ2v) is 15.8. The summed E-state index contributed by atoms with van der Waals surface area (Å²) in [6.07, 6.45) is 8.26. The molecule has 9 heteroatoms. The van der Waals surface area contributed by atoms with Crippen LogP contribution in [-0.2, 0) is 11.5 Å². The average Bonchev–Trinajstić information content (AvgIpc) is 3.19. The van der Waals surface area contributed by atoms with Crippen molar-refractivity contribution in [2.24, 2.45) is 11.5 Å². The summed E-state index contributed by atoms with van der Waals surface area (Å²) in [5.74, 6) is 0.294. The van der Waals surface area contributed by atoms with Gasteiger partial charge in [-0.2, -0.15) is 0 Å². The number of anilines is 2. The lowest BCUT2D eigenvalue weighted by atomic mass is 9.89. The van der Waals surface area contributed by atoms with Crippen LogP contribution in [0.4, 0.5) is 11.5 Å². The van der Waals surface area contributed by atoms with Gasteiger partial charge in [0.2, 0.25) is 5.82 Å². The second-order valence-electron chi connectivity index (χ2n) is 10.2. The van der Waals surface area contributed by atoms with Gasteiger partial charge in [-0.15, -0.1) is 0 Å². The van der Waals surface area contributed by atoms with Gasteiger partial charge in [-0.05, 0) is 55.0 Å². The van der Waals surface area contributed by atoms with Crippen molar-refractivity contribution in [1.29, 1.82) is 0 Å². The van der Waals surface area contributed by atoms with Gasteiger partial charge in [-0.25, -0.2) is 4.98 Å². The maximum absolute atomic E-state index is 13.2. The lowest BCUT2D eigenvalue weighted by Crippen LogP contribution is -2.23. The van der Waals surface area contributed by atoms with E-state index in [0.29, 0.717) is 25.5 Å². The zero-order chi connectivity index (χ0) is 24.7. The Morgan fingerprint density at radius 2 is 2.00 bits per heavy atom. The van der Waals surface area contributed by atoms with E-state index in [1.807, 2.05) is 12.1 Å². The average molecular weight is 485 g/mol. The van der Waals surface area contributed by atoms with Crippen LogP contribution >= 0.6 is 0 Å². The van der Waals surface area contributed by atoms with Gasteiger partial charge in [0.05, 0.1) is 6.20 Å². The van der Waals surface area contributed by atoms with Crippen LogP contribution in [0.5, 0.6) is 0 Å². The van der Waals surface area contributed by atoms with Crippen LogP contribution in [0.15, 0.2) is 30.5 Å². The number of nitrogen functional groups attached to an aromatic ring is 1. The highest BCUT2D eigenvalue weighted by atomic mass is 28.3. The molecule has 8 nitrogen and oxygen atoms in total. The number of hydrogen-bond donors (Lipinski definition) is 4. The first-order chi connectivity index (χ1) is 16.2. The van der Waals surface area contributed by atoms with Crippen LogP contribution in [0.3, 0.4) is 0 Å². The Morgan fingerprint density at radius 3 is 2.65 bits per heavy atom. The molecule has 1 aliphatic carbocycles. The minimum atomic E-state index is -1.19. The molecule has 0 bridgehead atoms. The predicted molar refractivity (Wildman–Crippen MR) is 142 cm³/mol. The normalized spacial score (nSPS) is 14.4. The van der Waals surface area contributed by atoms with E-state index in [1.165, 1.54) is 12.0 Å². The number of rotatable bonds is 11. The number of carbonyl (C=O) groups excluding carboxylic acids is 1. The Labute approximate surface area is 203 Å². The van der Waals surface area contributed by atoms with Gasteiger partial charge in [0, 0.05) is 44.9 Å². The molecule has 0 fully saturated rings. The van der Waals surface area contributed by atoms with Crippen molar-refractivity contribution in [2.45, 2.75) is 64.0 Å². The molecule has 34 heavy (non-hydrogen) atoms. The molecule has 1 heterocycles. The molecule has 1 aromatic heterocycles. The van der Waals surface area contributed by atoms with Crippen LogP contribution in [0.2, 0.25) is 25.7 Å². The fourth-order valence-corrected chi connectivity index (χ4v) is 4.83. The van der Waals surface area contributed by atoms with E-state index in [-0.39, 0.29) is 24.4 Å². The van der Waals surface area contributed by atoms with Crippen LogP contribution in [0.1, 0.15) is 53.3 Å². The summed E-state index contributed by atoms with van der Waals surface area (Å²) in [6, 6.07) is 7.11. The van der Waals surface area contributed by atoms with Crippen molar-refractivity contribution in [3.05, 3.63) is 47.4 Å². The van der Waals surface area contributed by atoms with Crippen LogP contribution in [-0.4, -0.2) is 43.2 Å². The summed E-state index contributed by atoms with van der Waals surface area (Å²) in [5, 5.41) is 3.06. The van der Waals surface area contributed by atoms with Gasteiger partial charge in [-0.1, -0.05) is 31.8 Å². The summed E-state index contributed by atoms with van der Waals surface area (Å²) in [5.41, 5.74) is 21.9. The van der Waals surface area contributed by atoms with Crippen molar-refractivity contribution in [3.63, 3.8) is 0 Å². The number of nitrogens with zero attached hydrogens (tertiary/aromatic N) is 2. The number of aromatic nitrogens is 2. The third-order valence-electron chi connectivity index (χ3n) is 6.19. The topological polar surface area (TPSA) is 134 Å². The molecule has 1 aromatic carbocycles. The minimum Gasteiger partial charge on any atom is -0.382 e. The molecule has 1 aliphatic rings. The van der Waals surface area contributed by atoms with Crippen LogP contribution in [0, 0.1) is 0 Å². The molecule has 0 saturated carbocycles. The van der Waals surface area contributed by atoms with Crippen molar-refractivity contribution >= 4 is 31.1 Å². The Balaban J connectivity index is 1.82. The van der Waals surface area contributed by atoms with E-state index in [0.717, 1.165) is 42.1 Å². The first kappa shape index (κ1) is 26.1. The lowest BCUT2D eigenvalue weighted by molar-refractivity contribution is 0.0809. The molecule has 0 spiro atoms. The molecule has 186 valence electrons. The number of imidazole rings is 1. The van der Waals surface area contributed by atoms with Gasteiger partial charge in [0.1, 0.15) is 12.5 Å². The summed E-state index contributed by atoms with van der Waals surface area (Å²) in [4.78, 5) is 17.5. The van der Waals surface area contributed by atoms with Crippen molar-refractivity contribution in [2.75, 3.05) is 30.7 Å². The van der Waals surface area contributed by atoms with Gasteiger partial charge in [-0.3, -0.25) is 4.79 Å². The minimum absolute atomic E-state index is 0.0831. The molecule has 2 aromatic rings. The number of amides is 1. The number of carbonyl (C=O) groups is 1. The maximum Gasteiger partial charge on any atom is 0.291 e. The number of nitrogens with two attached hydrogens (primary N) is 3. The summed E-state index contributed by atoms with van der Waals surface area (Å²) in [6.45, 7) is 8.76.